The molecule has 0 saturated heterocycles. The zero-order valence-corrected chi connectivity index (χ0v) is 17.2. The van der Waals surface area contributed by atoms with E-state index in [1.807, 2.05) is 66.7 Å². The molecule has 3 nitrogen and oxygen atoms in total. The number of hydrogen-bond donors (Lipinski definition) is 2. The van der Waals surface area contributed by atoms with Gasteiger partial charge in [0.25, 0.3) is 0 Å². The van der Waals surface area contributed by atoms with E-state index in [4.69, 9.17) is 0 Å². The van der Waals surface area contributed by atoms with Crippen molar-refractivity contribution in [2.45, 2.75) is 25.8 Å². The molecule has 0 radical (unpaired) electrons. The Labute approximate surface area is 179 Å². The minimum Gasteiger partial charge on any atom is -0.396 e. The highest BCUT2D eigenvalue weighted by Crippen LogP contribution is 2.19. The minimum absolute atomic E-state index is 0.111. The van der Waals surface area contributed by atoms with E-state index >= 15 is 0 Å². The fourth-order valence-electron chi connectivity index (χ4n) is 3.45. The molecule has 0 saturated carbocycles. The van der Waals surface area contributed by atoms with E-state index in [2.05, 4.69) is 35.7 Å². The van der Waals surface area contributed by atoms with Gasteiger partial charge in [-0.05, 0) is 36.0 Å². The second-order valence-corrected chi connectivity index (χ2v) is 7.50. The number of rotatable bonds is 10. The van der Waals surface area contributed by atoms with Crippen LogP contribution in [0.25, 0.3) is 0 Å². The van der Waals surface area contributed by atoms with Crippen molar-refractivity contribution in [2.75, 3.05) is 6.61 Å². The first-order chi connectivity index (χ1) is 14.7. The first-order valence-electron chi connectivity index (χ1n) is 10.4. The molecule has 2 N–H and O–H groups in total. The Morgan fingerprint density at radius 2 is 1.33 bits per heavy atom. The molecule has 0 heterocycles. The van der Waals surface area contributed by atoms with Crippen LogP contribution in [-0.4, -0.2) is 17.6 Å². The molecule has 3 heteroatoms. The monoisotopic (exact) mass is 399 g/mol. The predicted molar refractivity (Wildman–Crippen MR) is 122 cm³/mol. The summed E-state index contributed by atoms with van der Waals surface area (Å²) in [6.07, 6.45) is 4.33. The molecule has 0 aliphatic rings. The average molecular weight is 400 g/mol. The van der Waals surface area contributed by atoms with Crippen molar-refractivity contribution in [2.24, 2.45) is 5.92 Å². The van der Waals surface area contributed by atoms with Crippen molar-refractivity contribution in [3.8, 4) is 0 Å². The zero-order chi connectivity index (χ0) is 21.0. The van der Waals surface area contributed by atoms with Crippen molar-refractivity contribution >= 4 is 5.91 Å². The Hall–Kier alpha value is -3.17. The molecule has 3 rings (SSSR count). The van der Waals surface area contributed by atoms with Crippen LogP contribution >= 0.6 is 0 Å². The van der Waals surface area contributed by atoms with Crippen LogP contribution in [0.15, 0.2) is 103 Å². The molecule has 0 bridgehead atoms. The molecular weight excluding hydrogens is 370 g/mol. The zero-order valence-electron chi connectivity index (χ0n) is 17.2. The first-order valence-corrected chi connectivity index (χ1v) is 10.4. The summed E-state index contributed by atoms with van der Waals surface area (Å²) in [7, 11) is 0. The Kier molecular flexibility index (Phi) is 8.43. The molecule has 0 fully saturated rings. The summed E-state index contributed by atoms with van der Waals surface area (Å²) in [6, 6.07) is 30.4. The van der Waals surface area contributed by atoms with Crippen LogP contribution in [0.2, 0.25) is 0 Å². The van der Waals surface area contributed by atoms with Gasteiger partial charge in [0.15, 0.2) is 0 Å². The quantitative estimate of drug-likeness (QED) is 0.485. The van der Waals surface area contributed by atoms with Crippen LogP contribution in [-0.2, 0) is 24.2 Å². The molecule has 154 valence electrons. The maximum atomic E-state index is 12.7. The van der Waals surface area contributed by atoms with Gasteiger partial charge in [0, 0.05) is 6.54 Å². The number of benzene rings is 3. The third-order valence-electron chi connectivity index (χ3n) is 5.15. The Bertz CT molecular complexity index is 921. The Balaban J connectivity index is 1.68. The van der Waals surface area contributed by atoms with E-state index in [1.54, 1.807) is 0 Å². The molecule has 1 unspecified atom stereocenters. The second-order valence-electron chi connectivity index (χ2n) is 7.50. The van der Waals surface area contributed by atoms with E-state index in [0.717, 1.165) is 18.4 Å². The molecule has 3 aromatic rings. The van der Waals surface area contributed by atoms with E-state index in [1.165, 1.54) is 16.7 Å². The van der Waals surface area contributed by atoms with Gasteiger partial charge in [0.1, 0.15) is 0 Å². The predicted octanol–water partition coefficient (Wildman–Crippen LogP) is 4.71. The number of hydrogen-bond acceptors (Lipinski definition) is 2. The van der Waals surface area contributed by atoms with Crippen LogP contribution in [0.5, 0.6) is 0 Å². The number of carbonyl (C=O) groups excluding carboxylic acids is 1. The second kappa shape index (κ2) is 11.7. The molecule has 0 aliphatic heterocycles. The van der Waals surface area contributed by atoms with Gasteiger partial charge in [-0.2, -0.15) is 0 Å². The van der Waals surface area contributed by atoms with Crippen molar-refractivity contribution in [1.29, 1.82) is 0 Å². The maximum Gasteiger partial charge on any atom is 0.226 e. The molecule has 0 aromatic heterocycles. The van der Waals surface area contributed by atoms with Gasteiger partial charge >= 0.3 is 0 Å². The van der Waals surface area contributed by atoms with Crippen molar-refractivity contribution in [1.82, 2.24) is 5.32 Å². The van der Waals surface area contributed by atoms with Gasteiger partial charge in [-0.3, -0.25) is 4.79 Å². The Morgan fingerprint density at radius 3 is 1.90 bits per heavy atom. The van der Waals surface area contributed by atoms with Gasteiger partial charge in [-0.15, -0.1) is 0 Å². The van der Waals surface area contributed by atoms with Crippen molar-refractivity contribution in [3.63, 3.8) is 0 Å². The summed E-state index contributed by atoms with van der Waals surface area (Å²) in [5.41, 5.74) is 4.65. The third kappa shape index (κ3) is 7.02. The van der Waals surface area contributed by atoms with Gasteiger partial charge < -0.3 is 10.4 Å². The number of aliphatic hydroxyl groups is 1. The largest absolute Gasteiger partial charge is 0.396 e. The summed E-state index contributed by atoms with van der Waals surface area (Å²) in [5, 5.41) is 12.9. The summed E-state index contributed by atoms with van der Waals surface area (Å²) in [6.45, 7) is 0.302. The fraction of sp³-hybridized carbons (Fsp3) is 0.222. The summed E-state index contributed by atoms with van der Waals surface area (Å²) >= 11 is 0. The lowest BCUT2D eigenvalue weighted by molar-refractivity contribution is -0.126. The van der Waals surface area contributed by atoms with Crippen molar-refractivity contribution in [3.05, 3.63) is 119 Å². The van der Waals surface area contributed by atoms with E-state index in [0.29, 0.717) is 13.0 Å². The lowest BCUT2D eigenvalue weighted by Crippen LogP contribution is -2.32. The number of aliphatic hydroxyl groups excluding tert-OH is 1. The normalized spacial score (nSPS) is 12.4. The van der Waals surface area contributed by atoms with Crippen LogP contribution < -0.4 is 5.32 Å². The summed E-state index contributed by atoms with van der Waals surface area (Å²) in [5.74, 6) is -0.570. The number of allylic oxidation sites excluding steroid dienone is 2. The van der Waals surface area contributed by atoms with Crippen LogP contribution in [0.3, 0.4) is 0 Å². The van der Waals surface area contributed by atoms with Gasteiger partial charge in [0.05, 0.1) is 12.5 Å². The Morgan fingerprint density at radius 1 is 0.800 bits per heavy atom. The molecule has 3 aromatic carbocycles. The smallest absolute Gasteiger partial charge is 0.226 e. The topological polar surface area (TPSA) is 49.3 Å². The summed E-state index contributed by atoms with van der Waals surface area (Å²) < 4.78 is 0. The van der Waals surface area contributed by atoms with E-state index < -0.39 is 5.92 Å². The standard InChI is InChI=1S/C27H29NO2/c29-21-26(27(30)28-20-24-14-8-3-9-15-24)19-25(18-23-12-6-2-7-13-23)17-16-22-10-4-1-5-11-22/h1-15,17,26,29H,16,18-21H2,(H,28,30)/b25-17+. The van der Waals surface area contributed by atoms with Gasteiger partial charge in [0.2, 0.25) is 5.91 Å². The number of nitrogens with one attached hydrogen (secondary N) is 1. The SMILES string of the molecule is O=C(NCc1ccccc1)C(CO)C/C(=C/Cc1ccccc1)Cc1ccccc1. The average Bonchev–Trinajstić information content (AvgIpc) is 2.81. The van der Waals surface area contributed by atoms with Crippen LogP contribution in [0, 0.1) is 5.92 Å². The van der Waals surface area contributed by atoms with Gasteiger partial charge in [-0.1, -0.05) is 103 Å². The fourth-order valence-corrected chi connectivity index (χ4v) is 3.45. The highest BCUT2D eigenvalue weighted by atomic mass is 16.3. The third-order valence-corrected chi connectivity index (χ3v) is 5.15. The molecule has 1 atom stereocenters. The minimum atomic E-state index is -0.459. The molecular formula is C27H29NO2. The molecule has 0 aliphatic carbocycles. The molecule has 1 amide bonds. The number of carbonyl (C=O) groups is 1. The lowest BCUT2D eigenvalue weighted by atomic mass is 9.93. The van der Waals surface area contributed by atoms with Gasteiger partial charge in [-0.25, -0.2) is 0 Å². The highest BCUT2D eigenvalue weighted by molar-refractivity contribution is 5.79. The molecule has 0 spiro atoms. The molecule has 30 heavy (non-hydrogen) atoms. The van der Waals surface area contributed by atoms with Crippen molar-refractivity contribution < 1.29 is 9.90 Å². The summed E-state index contributed by atoms with van der Waals surface area (Å²) in [4.78, 5) is 12.7. The maximum absolute atomic E-state index is 12.7. The highest BCUT2D eigenvalue weighted by Gasteiger charge is 2.19. The number of amides is 1. The van der Waals surface area contributed by atoms with Crippen LogP contribution in [0.1, 0.15) is 23.1 Å². The lowest BCUT2D eigenvalue weighted by Gasteiger charge is -2.17. The van der Waals surface area contributed by atoms with E-state index in [-0.39, 0.29) is 12.5 Å². The first kappa shape index (κ1) is 21.5. The van der Waals surface area contributed by atoms with E-state index in [9.17, 15) is 9.90 Å². The van der Waals surface area contributed by atoms with Crippen LogP contribution in [0.4, 0.5) is 0 Å².